The molecule has 4 heterocycles. The highest BCUT2D eigenvalue weighted by molar-refractivity contribution is 9.10. The number of ether oxygens (including phenoxy) is 2. The average Bonchev–Trinajstić information content (AvgIpc) is 3.17. The highest BCUT2D eigenvalue weighted by Crippen LogP contribution is 2.45. The second-order valence-corrected chi connectivity index (χ2v) is 15.6. The van der Waals surface area contributed by atoms with Crippen molar-refractivity contribution in [1.82, 2.24) is 0 Å². The molecule has 0 unspecified atom stereocenters. The summed E-state index contributed by atoms with van der Waals surface area (Å²) in [7, 11) is 0. The Morgan fingerprint density at radius 3 is 1.42 bits per heavy atom. The lowest BCUT2D eigenvalue weighted by Gasteiger charge is -2.50. The molecule has 8 rings (SSSR count). The molecule has 2 saturated heterocycles. The Morgan fingerprint density at radius 2 is 1.04 bits per heavy atom. The number of halogens is 2. The van der Waals surface area contributed by atoms with Crippen LogP contribution in [0.15, 0.2) is 106 Å². The fraction of sp³-hybridized carbons (Fsp3) is 0.318. The second kappa shape index (κ2) is 15.4. The Hall–Kier alpha value is -4.18. The Balaban J connectivity index is 0.000000162. The summed E-state index contributed by atoms with van der Waals surface area (Å²) in [6.07, 6.45) is 1.24. The maximum atomic E-state index is 12.9. The van der Waals surface area contributed by atoms with Gasteiger partial charge < -0.3 is 19.3 Å². The zero-order valence-corrected chi connectivity index (χ0v) is 32.5. The van der Waals surface area contributed by atoms with Gasteiger partial charge in [-0.1, -0.05) is 104 Å². The molecule has 8 heteroatoms. The molecule has 4 aromatic carbocycles. The molecule has 6 nitrogen and oxygen atoms in total. The third-order valence-electron chi connectivity index (χ3n) is 10.7. The summed E-state index contributed by atoms with van der Waals surface area (Å²) in [5.41, 5.74) is 5.06. The van der Waals surface area contributed by atoms with Crippen LogP contribution >= 0.6 is 31.9 Å². The molecule has 0 aromatic heterocycles. The van der Waals surface area contributed by atoms with Crippen LogP contribution in [0.1, 0.15) is 36.1 Å². The number of hydrogen-bond donors (Lipinski definition) is 0. The first-order valence-electron chi connectivity index (χ1n) is 17.6. The van der Waals surface area contributed by atoms with Crippen LogP contribution in [0, 0.1) is 34.5 Å². The normalized spacial score (nSPS) is 24.1. The highest BCUT2D eigenvalue weighted by atomic mass is 79.9. The van der Waals surface area contributed by atoms with Gasteiger partial charge in [-0.3, -0.25) is 9.59 Å². The number of carbonyl (C=O) groups is 2. The molecule has 4 atom stereocenters. The predicted molar refractivity (Wildman–Crippen MR) is 212 cm³/mol. The summed E-state index contributed by atoms with van der Waals surface area (Å²) in [6.45, 7) is 7.26. The van der Waals surface area contributed by atoms with E-state index in [4.69, 9.17) is 9.47 Å². The van der Waals surface area contributed by atoms with Crippen molar-refractivity contribution >= 4 is 54.8 Å². The van der Waals surface area contributed by atoms with Crippen LogP contribution < -0.4 is 9.80 Å². The highest BCUT2D eigenvalue weighted by Gasteiger charge is 2.51. The standard InChI is InChI=1S/2C22H20BrNO2/c2*1-16(25)22(10-9-17-5-3-2-4-6-17)14-18-7-8-19(23)13-20(18)24-11-12-26-15-21(22)24/h2*2-8,13,21H,11-12,14-15H2,1H3/t2*21-,22-/m10/s1. The van der Waals surface area contributed by atoms with Crippen LogP contribution in [-0.2, 0) is 31.9 Å². The van der Waals surface area contributed by atoms with Gasteiger partial charge in [0.1, 0.15) is 22.4 Å². The average molecular weight is 821 g/mol. The van der Waals surface area contributed by atoms with Crippen LogP contribution in [-0.4, -0.2) is 63.2 Å². The number of hydrogen-bond acceptors (Lipinski definition) is 6. The minimum atomic E-state index is -0.753. The van der Waals surface area contributed by atoms with Crippen molar-refractivity contribution < 1.29 is 19.1 Å². The Kier molecular flexibility index (Phi) is 10.7. The number of Topliss-reactive ketones (excluding diaryl/α,β-unsaturated/α-hetero) is 2. The minimum Gasteiger partial charge on any atom is -0.377 e. The Bertz CT molecular complexity index is 1950. The molecule has 0 amide bonds. The first-order chi connectivity index (χ1) is 25.2. The summed E-state index contributed by atoms with van der Waals surface area (Å²) in [5, 5.41) is 0. The molecule has 264 valence electrons. The summed E-state index contributed by atoms with van der Waals surface area (Å²) >= 11 is 7.15. The van der Waals surface area contributed by atoms with E-state index in [0.29, 0.717) is 39.3 Å². The molecule has 4 aliphatic rings. The molecule has 0 spiro atoms. The van der Waals surface area contributed by atoms with E-state index in [9.17, 15) is 9.59 Å². The molecular weight excluding hydrogens is 780 g/mol. The van der Waals surface area contributed by atoms with Crippen molar-refractivity contribution in [3.63, 3.8) is 0 Å². The van der Waals surface area contributed by atoms with Gasteiger partial charge in [0, 0.05) is 57.4 Å². The van der Waals surface area contributed by atoms with Gasteiger partial charge in [0.25, 0.3) is 0 Å². The van der Waals surface area contributed by atoms with E-state index < -0.39 is 10.8 Å². The summed E-state index contributed by atoms with van der Waals surface area (Å²) in [5.74, 6) is 13.5. The summed E-state index contributed by atoms with van der Waals surface area (Å²) < 4.78 is 13.6. The van der Waals surface area contributed by atoms with Crippen LogP contribution in [0.25, 0.3) is 0 Å². The van der Waals surface area contributed by atoms with Gasteiger partial charge in [-0.2, -0.15) is 0 Å². The van der Waals surface area contributed by atoms with Crippen molar-refractivity contribution in [2.24, 2.45) is 10.8 Å². The van der Waals surface area contributed by atoms with Gasteiger partial charge in [0.2, 0.25) is 0 Å². The first kappa shape index (κ1) is 36.2. The molecule has 0 N–H and O–H groups in total. The van der Waals surface area contributed by atoms with E-state index in [1.807, 2.05) is 72.8 Å². The van der Waals surface area contributed by atoms with Crippen LogP contribution in [0.5, 0.6) is 0 Å². The van der Waals surface area contributed by atoms with Crippen molar-refractivity contribution in [1.29, 1.82) is 0 Å². The number of benzene rings is 4. The molecular formula is C44H40Br2N2O4. The number of fused-ring (bicyclic) bond motifs is 6. The van der Waals surface area contributed by atoms with E-state index in [1.165, 1.54) is 22.5 Å². The van der Waals surface area contributed by atoms with E-state index in [2.05, 4.69) is 89.6 Å². The molecule has 0 saturated carbocycles. The lowest BCUT2D eigenvalue weighted by Crippen LogP contribution is -2.60. The first-order valence-corrected chi connectivity index (χ1v) is 19.2. The number of rotatable bonds is 2. The monoisotopic (exact) mass is 818 g/mol. The zero-order valence-electron chi connectivity index (χ0n) is 29.3. The Morgan fingerprint density at radius 1 is 0.635 bits per heavy atom. The minimum absolute atomic E-state index is 0.0632. The van der Waals surface area contributed by atoms with Crippen molar-refractivity contribution in [2.45, 2.75) is 38.8 Å². The van der Waals surface area contributed by atoms with Crippen LogP contribution in [0.2, 0.25) is 0 Å². The largest absolute Gasteiger partial charge is 0.377 e. The summed E-state index contributed by atoms with van der Waals surface area (Å²) in [6, 6.07) is 32.1. The fourth-order valence-electron chi connectivity index (χ4n) is 7.90. The maximum absolute atomic E-state index is 12.9. The van der Waals surface area contributed by atoms with Gasteiger partial charge >= 0.3 is 0 Å². The smallest absolute Gasteiger partial charge is 0.150 e. The number of nitrogens with zero attached hydrogens (tertiary/aromatic N) is 2. The number of ketones is 2. The molecule has 4 aromatic rings. The van der Waals surface area contributed by atoms with Gasteiger partial charge in [0.15, 0.2) is 0 Å². The third kappa shape index (κ3) is 7.10. The second-order valence-electron chi connectivity index (χ2n) is 13.8. The van der Waals surface area contributed by atoms with E-state index in [0.717, 1.165) is 33.2 Å². The lowest BCUT2D eigenvalue weighted by molar-refractivity contribution is -0.127. The molecule has 0 bridgehead atoms. The molecule has 52 heavy (non-hydrogen) atoms. The molecule has 0 aliphatic carbocycles. The van der Waals surface area contributed by atoms with E-state index in [1.54, 1.807) is 13.8 Å². The fourth-order valence-corrected chi connectivity index (χ4v) is 8.60. The number of carbonyl (C=O) groups excluding carboxylic acids is 2. The van der Waals surface area contributed by atoms with Gasteiger partial charge in [-0.15, -0.1) is 0 Å². The zero-order chi connectivity index (χ0) is 36.3. The van der Waals surface area contributed by atoms with E-state index >= 15 is 0 Å². The SMILES string of the molecule is CC(=O)[C@@]1(C#Cc2ccccc2)Cc2ccc(Br)cc2N2CCOC[C@@H]21.CC(=O)[C@]1(C#Cc2ccccc2)Cc2ccc(Br)cc2N2CCOC[C@H]21. The topological polar surface area (TPSA) is 59.1 Å². The number of anilines is 2. The van der Waals surface area contributed by atoms with E-state index in [-0.39, 0.29) is 23.7 Å². The maximum Gasteiger partial charge on any atom is 0.150 e. The lowest BCUT2D eigenvalue weighted by atomic mass is 9.69. The van der Waals surface area contributed by atoms with Crippen molar-refractivity contribution in [2.75, 3.05) is 49.3 Å². The predicted octanol–water partition coefficient (Wildman–Crippen LogP) is 7.68. The van der Waals surface area contributed by atoms with Crippen molar-refractivity contribution in [3.8, 4) is 23.7 Å². The molecule has 4 aliphatic heterocycles. The molecule has 0 radical (unpaired) electrons. The van der Waals surface area contributed by atoms with Crippen LogP contribution in [0.3, 0.4) is 0 Å². The quantitative estimate of drug-likeness (QED) is 0.194. The number of morpholine rings is 2. The summed E-state index contributed by atoms with van der Waals surface area (Å²) in [4.78, 5) is 30.4. The van der Waals surface area contributed by atoms with Crippen molar-refractivity contribution in [3.05, 3.63) is 128 Å². The third-order valence-corrected chi connectivity index (χ3v) is 11.7. The van der Waals surface area contributed by atoms with Crippen LogP contribution in [0.4, 0.5) is 11.4 Å². The van der Waals surface area contributed by atoms with Gasteiger partial charge in [-0.25, -0.2) is 0 Å². The van der Waals surface area contributed by atoms with Gasteiger partial charge in [-0.05, 0) is 73.5 Å². The van der Waals surface area contributed by atoms with Gasteiger partial charge in [0.05, 0.1) is 38.5 Å². The Labute approximate surface area is 323 Å². The molecule has 2 fully saturated rings.